The third kappa shape index (κ3) is 4.37. The van der Waals surface area contributed by atoms with E-state index in [9.17, 15) is 15.0 Å². The number of aliphatic hydroxyl groups excluding tert-OH is 1. The van der Waals surface area contributed by atoms with Gasteiger partial charge in [-0.15, -0.1) is 6.58 Å². The predicted octanol–water partition coefficient (Wildman–Crippen LogP) is 3.70. The molecule has 0 bridgehead atoms. The summed E-state index contributed by atoms with van der Waals surface area (Å²) >= 11 is 0. The topological polar surface area (TPSA) is 77.8 Å². The van der Waals surface area contributed by atoms with E-state index >= 15 is 0 Å². The summed E-state index contributed by atoms with van der Waals surface area (Å²) in [6, 6.07) is 0. The summed E-state index contributed by atoms with van der Waals surface area (Å²) in [5, 5.41) is 29.9. The van der Waals surface area contributed by atoms with Gasteiger partial charge in [0.05, 0.1) is 6.10 Å². The first-order valence-electron chi connectivity index (χ1n) is 8.54. The van der Waals surface area contributed by atoms with Crippen molar-refractivity contribution in [3.05, 3.63) is 37.0 Å². The summed E-state index contributed by atoms with van der Waals surface area (Å²) in [7, 11) is 0. The second-order valence-electron chi connectivity index (χ2n) is 7.73. The molecule has 3 N–H and O–H groups in total. The van der Waals surface area contributed by atoms with Gasteiger partial charge < -0.3 is 15.3 Å². The van der Waals surface area contributed by atoms with Gasteiger partial charge in [-0.1, -0.05) is 37.3 Å². The van der Waals surface area contributed by atoms with E-state index in [4.69, 9.17) is 5.11 Å². The summed E-state index contributed by atoms with van der Waals surface area (Å²) in [5.41, 5.74) is 0.312. The molecule has 0 aromatic carbocycles. The van der Waals surface area contributed by atoms with Crippen molar-refractivity contribution < 1.29 is 20.1 Å². The maximum Gasteiger partial charge on any atom is 0.303 e. The van der Waals surface area contributed by atoms with Crippen molar-refractivity contribution in [3.63, 3.8) is 0 Å². The number of aliphatic carboxylic acids is 1. The molecule has 4 nitrogen and oxygen atoms in total. The van der Waals surface area contributed by atoms with Crippen LogP contribution in [-0.2, 0) is 4.79 Å². The summed E-state index contributed by atoms with van der Waals surface area (Å²) < 4.78 is 0. The molecule has 4 heteroatoms. The van der Waals surface area contributed by atoms with Crippen LogP contribution in [0, 0.1) is 17.3 Å². The van der Waals surface area contributed by atoms with Gasteiger partial charge in [-0.25, -0.2) is 0 Å². The monoisotopic (exact) mass is 336 g/mol. The third-order valence-electron chi connectivity index (χ3n) is 5.86. The lowest BCUT2D eigenvalue weighted by Gasteiger charge is -2.50. The van der Waals surface area contributed by atoms with E-state index in [1.807, 2.05) is 6.92 Å². The lowest BCUT2D eigenvalue weighted by Crippen LogP contribution is -2.46. The lowest BCUT2D eigenvalue weighted by atomic mass is 9.54. The first-order chi connectivity index (χ1) is 11.0. The average Bonchev–Trinajstić information content (AvgIpc) is 2.48. The minimum absolute atomic E-state index is 0.0675. The van der Waals surface area contributed by atoms with Crippen LogP contribution >= 0.6 is 0 Å². The molecule has 0 unspecified atom stereocenters. The molecule has 1 aliphatic carbocycles. The molecule has 1 rings (SSSR count). The SMILES string of the molecule is C=C[C@@](C)(O)[C@@H](O)C[C@@H]1C(=C)CC[C@H](C(=C)C)[C@@]1(C)CCC(=O)O. The van der Waals surface area contributed by atoms with Crippen LogP contribution in [0.5, 0.6) is 0 Å². The molecule has 24 heavy (non-hydrogen) atoms. The van der Waals surface area contributed by atoms with Crippen molar-refractivity contribution in [3.8, 4) is 0 Å². The number of carbonyl (C=O) groups is 1. The van der Waals surface area contributed by atoms with E-state index in [1.165, 1.54) is 13.0 Å². The van der Waals surface area contributed by atoms with Crippen molar-refractivity contribution >= 4 is 5.97 Å². The fourth-order valence-electron chi connectivity index (χ4n) is 4.11. The van der Waals surface area contributed by atoms with E-state index in [-0.39, 0.29) is 23.7 Å². The largest absolute Gasteiger partial charge is 0.481 e. The van der Waals surface area contributed by atoms with Gasteiger partial charge in [0.2, 0.25) is 0 Å². The molecule has 1 fully saturated rings. The molecule has 136 valence electrons. The molecule has 0 spiro atoms. The van der Waals surface area contributed by atoms with Gasteiger partial charge in [0.15, 0.2) is 0 Å². The van der Waals surface area contributed by atoms with E-state index in [1.54, 1.807) is 0 Å². The number of hydrogen-bond donors (Lipinski definition) is 3. The van der Waals surface area contributed by atoms with Gasteiger partial charge in [-0.05, 0) is 56.8 Å². The van der Waals surface area contributed by atoms with Gasteiger partial charge in [0.25, 0.3) is 0 Å². The van der Waals surface area contributed by atoms with Crippen molar-refractivity contribution in [1.82, 2.24) is 0 Å². The van der Waals surface area contributed by atoms with E-state index in [2.05, 4.69) is 26.7 Å². The van der Waals surface area contributed by atoms with Crippen LogP contribution < -0.4 is 0 Å². The Balaban J connectivity index is 3.17. The van der Waals surface area contributed by atoms with Crippen LogP contribution in [0.25, 0.3) is 0 Å². The highest BCUT2D eigenvalue weighted by molar-refractivity contribution is 5.66. The molecule has 0 saturated heterocycles. The average molecular weight is 336 g/mol. The Hall–Kier alpha value is -1.39. The lowest BCUT2D eigenvalue weighted by molar-refractivity contribution is -0.138. The zero-order valence-corrected chi connectivity index (χ0v) is 15.2. The Bertz CT molecular complexity index is 520. The molecule has 5 atom stereocenters. The minimum Gasteiger partial charge on any atom is -0.481 e. The van der Waals surface area contributed by atoms with Crippen molar-refractivity contribution in [2.75, 3.05) is 0 Å². The highest BCUT2D eigenvalue weighted by Crippen LogP contribution is 2.54. The molecule has 1 aliphatic rings. The Morgan fingerprint density at radius 3 is 2.58 bits per heavy atom. The Labute approximate surface area is 145 Å². The number of allylic oxidation sites excluding steroid dienone is 2. The normalized spacial score (nSPS) is 31.1. The number of rotatable bonds is 8. The summed E-state index contributed by atoms with van der Waals surface area (Å²) in [4.78, 5) is 11.1. The van der Waals surface area contributed by atoms with Crippen LogP contribution in [0.3, 0.4) is 0 Å². The molecule has 0 aliphatic heterocycles. The number of hydrogen-bond acceptors (Lipinski definition) is 3. The van der Waals surface area contributed by atoms with Crippen LogP contribution in [0.1, 0.15) is 52.9 Å². The van der Waals surface area contributed by atoms with Crippen molar-refractivity contribution in [2.24, 2.45) is 17.3 Å². The first-order valence-corrected chi connectivity index (χ1v) is 8.54. The molecule has 1 saturated carbocycles. The zero-order valence-electron chi connectivity index (χ0n) is 15.2. The third-order valence-corrected chi connectivity index (χ3v) is 5.86. The fourth-order valence-corrected chi connectivity index (χ4v) is 4.11. The molecule has 0 amide bonds. The second-order valence-corrected chi connectivity index (χ2v) is 7.73. The van der Waals surface area contributed by atoms with E-state index < -0.39 is 17.7 Å². The first kappa shape index (κ1) is 20.7. The van der Waals surface area contributed by atoms with Crippen LogP contribution in [0.4, 0.5) is 0 Å². The minimum atomic E-state index is -1.38. The van der Waals surface area contributed by atoms with E-state index in [0.29, 0.717) is 12.8 Å². The van der Waals surface area contributed by atoms with Crippen molar-refractivity contribution in [1.29, 1.82) is 0 Å². The quantitative estimate of drug-likeness (QED) is 0.591. The molecular weight excluding hydrogens is 304 g/mol. The van der Waals surface area contributed by atoms with Crippen LogP contribution in [-0.4, -0.2) is 33.0 Å². The predicted molar refractivity (Wildman–Crippen MR) is 96.6 cm³/mol. The summed E-state index contributed by atoms with van der Waals surface area (Å²) in [6.07, 6.45) is 2.98. The number of aliphatic hydroxyl groups is 2. The second kappa shape index (κ2) is 7.66. The molecule has 0 aromatic heterocycles. The number of carboxylic acids is 1. The van der Waals surface area contributed by atoms with Crippen LogP contribution in [0.15, 0.2) is 37.0 Å². The van der Waals surface area contributed by atoms with E-state index in [0.717, 1.165) is 24.0 Å². The standard InChI is InChI=1S/C20H32O4/c1-7-20(6,24)17(21)12-16-14(4)8-9-15(13(2)3)19(16,5)11-10-18(22)23/h7,15-17,21,24H,1-2,4,8-12H2,3,5-6H3,(H,22,23)/t15-,16-,17+,19-,20-/m1/s1. The molecule has 0 radical (unpaired) electrons. The summed E-state index contributed by atoms with van der Waals surface area (Å²) in [6.45, 7) is 17.4. The Morgan fingerprint density at radius 2 is 2.12 bits per heavy atom. The smallest absolute Gasteiger partial charge is 0.303 e. The van der Waals surface area contributed by atoms with Gasteiger partial charge in [-0.3, -0.25) is 4.79 Å². The van der Waals surface area contributed by atoms with Gasteiger partial charge >= 0.3 is 5.97 Å². The maximum absolute atomic E-state index is 11.1. The zero-order chi connectivity index (χ0) is 18.7. The number of carboxylic acid groups (broad SMARTS) is 1. The molecular formula is C20H32O4. The Morgan fingerprint density at radius 1 is 1.54 bits per heavy atom. The van der Waals surface area contributed by atoms with Gasteiger partial charge in [0, 0.05) is 6.42 Å². The highest BCUT2D eigenvalue weighted by Gasteiger charge is 2.47. The van der Waals surface area contributed by atoms with Crippen molar-refractivity contribution in [2.45, 2.75) is 64.6 Å². The van der Waals surface area contributed by atoms with Gasteiger partial charge in [0.1, 0.15) is 5.60 Å². The van der Waals surface area contributed by atoms with Crippen LogP contribution in [0.2, 0.25) is 0 Å². The molecule has 0 heterocycles. The maximum atomic E-state index is 11.1. The highest BCUT2D eigenvalue weighted by atomic mass is 16.4. The van der Waals surface area contributed by atoms with Gasteiger partial charge in [-0.2, -0.15) is 0 Å². The Kier molecular flexibility index (Phi) is 6.59. The fraction of sp³-hybridized carbons (Fsp3) is 0.650. The summed E-state index contributed by atoms with van der Waals surface area (Å²) in [5.74, 6) is -0.729. The molecule has 0 aromatic rings.